The van der Waals surface area contributed by atoms with Crippen molar-refractivity contribution in [2.45, 2.75) is 12.6 Å². The molecule has 0 saturated carbocycles. The molecule has 3 heterocycles. The summed E-state index contributed by atoms with van der Waals surface area (Å²) < 4.78 is 66.2. The van der Waals surface area contributed by atoms with Crippen LogP contribution in [0.3, 0.4) is 0 Å². The molecule has 0 aliphatic heterocycles. The van der Waals surface area contributed by atoms with Gasteiger partial charge >= 0.3 is 6.18 Å². The van der Waals surface area contributed by atoms with Gasteiger partial charge in [-0.05, 0) is 12.1 Å². The molecule has 0 aliphatic rings. The van der Waals surface area contributed by atoms with E-state index in [1.807, 2.05) is 0 Å². The molecule has 2 N–H and O–H groups in total. The van der Waals surface area contributed by atoms with Crippen molar-refractivity contribution < 1.29 is 22.0 Å². The molecular formula is C13H6Cl2F5N5. The highest BCUT2D eigenvalue weighted by molar-refractivity contribution is 6.35. The maximum atomic E-state index is 13.2. The molecule has 0 aliphatic carbocycles. The summed E-state index contributed by atoms with van der Waals surface area (Å²) in [7, 11) is 0. The lowest BCUT2D eigenvalue weighted by Gasteiger charge is -2.09. The Morgan fingerprint density at radius 2 is 1.84 bits per heavy atom. The summed E-state index contributed by atoms with van der Waals surface area (Å²) >= 11 is 11.7. The summed E-state index contributed by atoms with van der Waals surface area (Å²) in [5.41, 5.74) is 2.70. The third-order valence-electron chi connectivity index (χ3n) is 3.19. The van der Waals surface area contributed by atoms with Gasteiger partial charge in [0.1, 0.15) is 11.5 Å². The molecule has 0 radical (unpaired) electrons. The van der Waals surface area contributed by atoms with Crippen LogP contribution in [-0.4, -0.2) is 19.7 Å². The standard InChI is InChI=1S/C13H6Cl2F5N5/c14-4-1-5(15)12(22-3-4)25-11(21)8-6(24-25)2-7(10(16)17)23-9(8)13(18,19)20/h1-3,10H,21H2. The number of nitrogens with two attached hydrogens (primary N) is 1. The van der Waals surface area contributed by atoms with E-state index >= 15 is 0 Å². The second kappa shape index (κ2) is 5.95. The van der Waals surface area contributed by atoms with E-state index in [9.17, 15) is 22.0 Å². The fourth-order valence-corrected chi connectivity index (χ4v) is 2.65. The number of hydrogen-bond donors (Lipinski definition) is 1. The molecule has 132 valence electrons. The third-order valence-corrected chi connectivity index (χ3v) is 3.68. The summed E-state index contributed by atoms with van der Waals surface area (Å²) in [6.45, 7) is 0. The molecule has 5 nitrogen and oxygen atoms in total. The second-order valence-corrected chi connectivity index (χ2v) is 5.69. The topological polar surface area (TPSA) is 69.6 Å². The van der Waals surface area contributed by atoms with Crippen LogP contribution in [0.15, 0.2) is 18.3 Å². The van der Waals surface area contributed by atoms with Gasteiger partial charge in [0.2, 0.25) is 0 Å². The summed E-state index contributed by atoms with van der Waals surface area (Å²) in [6.07, 6.45) is -7.04. The first-order chi connectivity index (χ1) is 11.6. The van der Waals surface area contributed by atoms with E-state index in [0.29, 0.717) is 0 Å². The zero-order chi connectivity index (χ0) is 18.5. The minimum Gasteiger partial charge on any atom is -0.383 e. The van der Waals surface area contributed by atoms with Gasteiger partial charge in [0, 0.05) is 6.20 Å². The Labute approximate surface area is 146 Å². The van der Waals surface area contributed by atoms with Crippen molar-refractivity contribution in [3.63, 3.8) is 0 Å². The molecule has 0 unspecified atom stereocenters. The number of anilines is 1. The van der Waals surface area contributed by atoms with Crippen LogP contribution >= 0.6 is 23.2 Å². The molecule has 0 atom stereocenters. The van der Waals surface area contributed by atoms with Gasteiger partial charge in [-0.15, -0.1) is 0 Å². The normalized spacial score (nSPS) is 12.3. The van der Waals surface area contributed by atoms with Gasteiger partial charge < -0.3 is 5.73 Å². The summed E-state index contributed by atoms with van der Waals surface area (Å²) in [5.74, 6) is -0.598. The van der Waals surface area contributed by atoms with Crippen LogP contribution in [0, 0.1) is 0 Å². The Bertz CT molecular complexity index is 970. The lowest BCUT2D eigenvalue weighted by Crippen LogP contribution is -2.11. The lowest BCUT2D eigenvalue weighted by atomic mass is 10.2. The quantitative estimate of drug-likeness (QED) is 0.638. The Morgan fingerprint density at radius 3 is 2.40 bits per heavy atom. The average molecular weight is 398 g/mol. The molecule has 0 bridgehead atoms. The maximum absolute atomic E-state index is 13.2. The molecule has 0 aromatic carbocycles. The fraction of sp³-hybridized carbons (Fsp3) is 0.154. The third kappa shape index (κ3) is 3.07. The van der Waals surface area contributed by atoms with E-state index in [2.05, 4.69) is 15.1 Å². The number of aromatic nitrogens is 4. The van der Waals surface area contributed by atoms with Gasteiger partial charge in [0.25, 0.3) is 6.43 Å². The Hall–Kier alpha value is -2.20. The molecule has 0 saturated heterocycles. The first kappa shape index (κ1) is 17.6. The predicted octanol–water partition coefficient (Wildman–Crippen LogP) is 4.66. The van der Waals surface area contributed by atoms with Gasteiger partial charge in [0.15, 0.2) is 11.5 Å². The number of nitrogen functional groups attached to an aromatic ring is 1. The monoisotopic (exact) mass is 397 g/mol. The molecular weight excluding hydrogens is 392 g/mol. The van der Waals surface area contributed by atoms with Crippen LogP contribution in [0.5, 0.6) is 0 Å². The number of nitrogens with zero attached hydrogens (tertiary/aromatic N) is 4. The molecule has 3 aromatic heterocycles. The van der Waals surface area contributed by atoms with Gasteiger partial charge in [-0.3, -0.25) is 0 Å². The lowest BCUT2D eigenvalue weighted by molar-refractivity contribution is -0.140. The van der Waals surface area contributed by atoms with Crippen molar-refractivity contribution in [1.82, 2.24) is 19.7 Å². The minimum absolute atomic E-state index is 0.0393. The molecule has 25 heavy (non-hydrogen) atoms. The van der Waals surface area contributed by atoms with E-state index in [4.69, 9.17) is 28.9 Å². The van der Waals surface area contributed by atoms with Gasteiger partial charge in [0.05, 0.1) is 20.9 Å². The zero-order valence-corrected chi connectivity index (χ0v) is 13.3. The number of rotatable bonds is 2. The van der Waals surface area contributed by atoms with Crippen LogP contribution in [0.4, 0.5) is 27.8 Å². The van der Waals surface area contributed by atoms with Crippen LogP contribution in [0.2, 0.25) is 10.0 Å². The number of hydrogen-bond acceptors (Lipinski definition) is 4. The Balaban J connectivity index is 2.36. The van der Waals surface area contributed by atoms with E-state index in [0.717, 1.165) is 10.7 Å². The van der Waals surface area contributed by atoms with E-state index in [-0.39, 0.29) is 15.9 Å². The minimum atomic E-state index is -5.01. The Kier molecular flexibility index (Phi) is 4.20. The van der Waals surface area contributed by atoms with Crippen LogP contribution in [0.1, 0.15) is 17.8 Å². The summed E-state index contributed by atoms with van der Waals surface area (Å²) in [4.78, 5) is 6.85. The van der Waals surface area contributed by atoms with Crippen LogP contribution in [-0.2, 0) is 6.18 Å². The van der Waals surface area contributed by atoms with E-state index in [1.54, 1.807) is 0 Å². The van der Waals surface area contributed by atoms with Crippen LogP contribution < -0.4 is 5.73 Å². The molecule has 3 rings (SSSR count). The first-order valence-corrected chi connectivity index (χ1v) is 7.21. The van der Waals surface area contributed by atoms with E-state index < -0.39 is 40.7 Å². The largest absolute Gasteiger partial charge is 0.434 e. The highest BCUT2D eigenvalue weighted by atomic mass is 35.5. The number of alkyl halides is 5. The first-order valence-electron chi connectivity index (χ1n) is 6.45. The summed E-state index contributed by atoms with van der Waals surface area (Å²) in [5, 5.41) is 3.34. The SMILES string of the molecule is Nc1c2c(C(F)(F)F)nc(C(F)F)cc2nn1-c1ncc(Cl)cc1Cl. The summed E-state index contributed by atoms with van der Waals surface area (Å²) in [6, 6.07) is 2.01. The molecule has 0 spiro atoms. The average Bonchev–Trinajstić information content (AvgIpc) is 2.82. The smallest absolute Gasteiger partial charge is 0.383 e. The Morgan fingerprint density at radius 1 is 1.16 bits per heavy atom. The predicted molar refractivity (Wildman–Crippen MR) is 81.1 cm³/mol. The highest BCUT2D eigenvalue weighted by Crippen LogP contribution is 2.38. The maximum Gasteiger partial charge on any atom is 0.434 e. The number of pyridine rings is 2. The van der Waals surface area contributed by atoms with Crippen molar-refractivity contribution in [1.29, 1.82) is 0 Å². The van der Waals surface area contributed by atoms with Gasteiger partial charge in [-0.25, -0.2) is 18.7 Å². The number of halogens is 7. The van der Waals surface area contributed by atoms with Crippen molar-refractivity contribution in [2.75, 3.05) is 5.73 Å². The fourth-order valence-electron chi connectivity index (χ4n) is 2.19. The second-order valence-electron chi connectivity index (χ2n) is 4.84. The molecule has 0 amide bonds. The van der Waals surface area contributed by atoms with E-state index in [1.165, 1.54) is 12.3 Å². The van der Waals surface area contributed by atoms with Gasteiger partial charge in [-0.2, -0.15) is 23.0 Å². The molecule has 12 heteroatoms. The van der Waals surface area contributed by atoms with Crippen molar-refractivity contribution in [2.24, 2.45) is 0 Å². The van der Waals surface area contributed by atoms with Crippen LogP contribution in [0.25, 0.3) is 16.7 Å². The zero-order valence-electron chi connectivity index (χ0n) is 11.8. The highest BCUT2D eigenvalue weighted by Gasteiger charge is 2.38. The molecule has 0 fully saturated rings. The van der Waals surface area contributed by atoms with Crippen molar-refractivity contribution in [3.05, 3.63) is 39.8 Å². The number of fused-ring (bicyclic) bond motifs is 1. The van der Waals surface area contributed by atoms with Gasteiger partial charge in [-0.1, -0.05) is 23.2 Å². The van der Waals surface area contributed by atoms with Crippen molar-refractivity contribution in [3.8, 4) is 5.82 Å². The molecule has 3 aromatic rings. The van der Waals surface area contributed by atoms with Crippen molar-refractivity contribution >= 4 is 39.9 Å².